The Bertz CT molecular complexity index is 1610. The van der Waals surface area contributed by atoms with Gasteiger partial charge in [0.1, 0.15) is 42.6 Å². The van der Waals surface area contributed by atoms with Crippen LogP contribution in [0.1, 0.15) is 39.1 Å². The number of aryl methyl sites for hydroxylation is 1. The molecule has 0 bridgehead atoms. The molecule has 2 aromatic heterocycles. The quantitative estimate of drug-likeness (QED) is 0.340. The number of hydrogen-bond acceptors (Lipinski definition) is 10. The van der Waals surface area contributed by atoms with E-state index in [4.69, 9.17) is 43.1 Å². The molecule has 0 aliphatic carbocycles. The largest absolute Gasteiger partial charge is 0.459 e. The molecule has 0 spiro atoms. The second-order valence-electron chi connectivity index (χ2n) is 8.72. The second-order valence-corrected chi connectivity index (χ2v) is 9.60. The molecule has 1 unspecified atom stereocenters. The van der Waals surface area contributed by atoms with Crippen LogP contribution in [0.2, 0.25) is 10.0 Å². The zero-order valence-corrected chi connectivity index (χ0v) is 21.9. The van der Waals surface area contributed by atoms with E-state index in [9.17, 15) is 14.4 Å². The van der Waals surface area contributed by atoms with Gasteiger partial charge in [0.25, 0.3) is 5.56 Å². The van der Waals surface area contributed by atoms with Crippen LogP contribution in [0.4, 0.5) is 5.82 Å². The summed E-state index contributed by atoms with van der Waals surface area (Å²) in [6, 6.07) is 12.4. The Hall–Kier alpha value is -4.06. The van der Waals surface area contributed by atoms with Crippen molar-refractivity contribution in [1.82, 2.24) is 19.5 Å². The zero-order valence-electron chi connectivity index (χ0n) is 20.4. The summed E-state index contributed by atoms with van der Waals surface area (Å²) in [6.45, 7) is 1.27. The highest BCUT2D eigenvalue weighted by Gasteiger charge is 2.41. The van der Waals surface area contributed by atoms with Crippen LogP contribution < -0.4 is 11.3 Å². The lowest BCUT2D eigenvalue weighted by atomic mass is 10.1. The fourth-order valence-electron chi connectivity index (χ4n) is 4.17. The summed E-state index contributed by atoms with van der Waals surface area (Å²) in [6.07, 6.45) is -1.45. The van der Waals surface area contributed by atoms with Crippen molar-refractivity contribution in [3.8, 4) is 0 Å². The summed E-state index contributed by atoms with van der Waals surface area (Å²) < 4.78 is 18.7. The average Bonchev–Trinajstić information content (AvgIpc) is 3.31. The van der Waals surface area contributed by atoms with Gasteiger partial charge in [0.2, 0.25) is 0 Å². The smallest absolute Gasteiger partial charge is 0.338 e. The lowest BCUT2D eigenvalue weighted by Gasteiger charge is -2.19. The molecule has 2 aromatic carbocycles. The first-order valence-electron chi connectivity index (χ1n) is 11.8. The topological polar surface area (TPSA) is 149 Å². The number of carbonyl (C=O) groups excluding carboxylic acids is 2. The molecule has 3 heterocycles. The minimum absolute atomic E-state index is 0.0604. The molecule has 1 aliphatic heterocycles. The number of ether oxygens (including phenoxy) is 3. The predicted octanol–water partition coefficient (Wildman–Crippen LogP) is 3.75. The standard InChI is InChI=1S/C26H21Cl2N5O6/c1-13-24(34)33(23-21(32-13)22(29)30-12-31-23)20-10-18(39-26(36)15-4-8-17(28)9-5-15)19(38-20)11-37-25(35)14-2-6-16(27)7-3-14/h2-9,12,18-20H,10-11H2,1H3,(H2,29,30,31)/t18-,19+,20?/m0/s1. The molecule has 200 valence electrons. The minimum Gasteiger partial charge on any atom is -0.459 e. The van der Waals surface area contributed by atoms with E-state index in [2.05, 4.69) is 15.0 Å². The van der Waals surface area contributed by atoms with Crippen molar-refractivity contribution < 1.29 is 23.8 Å². The van der Waals surface area contributed by atoms with Gasteiger partial charge in [-0.15, -0.1) is 0 Å². The maximum Gasteiger partial charge on any atom is 0.338 e. The number of aromatic nitrogens is 4. The molecule has 0 saturated carbocycles. The highest BCUT2D eigenvalue weighted by atomic mass is 35.5. The monoisotopic (exact) mass is 569 g/mol. The molecule has 11 nitrogen and oxygen atoms in total. The molecule has 1 fully saturated rings. The van der Waals surface area contributed by atoms with Crippen molar-refractivity contribution in [2.24, 2.45) is 0 Å². The van der Waals surface area contributed by atoms with Gasteiger partial charge in [-0.3, -0.25) is 9.36 Å². The molecule has 4 aromatic rings. The lowest BCUT2D eigenvalue weighted by molar-refractivity contribution is -0.0570. The maximum atomic E-state index is 13.2. The van der Waals surface area contributed by atoms with Crippen LogP contribution in [-0.4, -0.2) is 50.3 Å². The third-order valence-corrected chi connectivity index (χ3v) is 6.64. The van der Waals surface area contributed by atoms with E-state index in [1.807, 2.05) is 0 Å². The zero-order chi connectivity index (χ0) is 27.7. The lowest BCUT2D eigenvalue weighted by Crippen LogP contribution is -2.32. The first-order valence-corrected chi connectivity index (χ1v) is 12.5. The molecular weight excluding hydrogens is 549 g/mol. The summed E-state index contributed by atoms with van der Waals surface area (Å²) in [4.78, 5) is 51.0. The first kappa shape index (κ1) is 26.5. The Balaban J connectivity index is 1.44. The van der Waals surface area contributed by atoms with Gasteiger partial charge in [-0.2, -0.15) is 0 Å². The van der Waals surface area contributed by atoms with Gasteiger partial charge in [0.15, 0.2) is 11.5 Å². The van der Waals surface area contributed by atoms with Gasteiger partial charge in [-0.1, -0.05) is 23.2 Å². The number of esters is 2. The van der Waals surface area contributed by atoms with Gasteiger partial charge in [-0.25, -0.2) is 24.5 Å². The van der Waals surface area contributed by atoms with Gasteiger partial charge >= 0.3 is 11.9 Å². The van der Waals surface area contributed by atoms with Crippen LogP contribution in [0.15, 0.2) is 59.7 Å². The van der Waals surface area contributed by atoms with Crippen molar-refractivity contribution in [2.45, 2.75) is 31.8 Å². The van der Waals surface area contributed by atoms with Gasteiger partial charge in [0.05, 0.1) is 11.1 Å². The molecule has 1 aliphatic rings. The van der Waals surface area contributed by atoms with E-state index >= 15 is 0 Å². The van der Waals surface area contributed by atoms with Crippen molar-refractivity contribution in [2.75, 3.05) is 12.3 Å². The number of fused-ring (bicyclic) bond motifs is 1. The van der Waals surface area contributed by atoms with Crippen LogP contribution in [-0.2, 0) is 14.2 Å². The van der Waals surface area contributed by atoms with E-state index in [-0.39, 0.29) is 46.8 Å². The van der Waals surface area contributed by atoms with Crippen LogP contribution in [0.5, 0.6) is 0 Å². The number of halogens is 2. The number of nitrogen functional groups attached to an aromatic ring is 1. The van der Waals surface area contributed by atoms with Crippen LogP contribution in [0, 0.1) is 6.92 Å². The van der Waals surface area contributed by atoms with Gasteiger partial charge in [-0.05, 0) is 55.5 Å². The number of benzene rings is 2. The minimum atomic E-state index is -0.932. The summed E-state index contributed by atoms with van der Waals surface area (Å²) in [5.74, 6) is -1.16. The number of nitrogens with two attached hydrogens (primary N) is 1. The Kier molecular flexibility index (Phi) is 7.47. The summed E-state index contributed by atoms with van der Waals surface area (Å²) in [5.41, 5.74) is 6.59. The number of nitrogens with zero attached hydrogens (tertiary/aromatic N) is 4. The molecule has 5 rings (SSSR count). The van der Waals surface area contributed by atoms with E-state index in [0.29, 0.717) is 10.0 Å². The summed E-state index contributed by atoms with van der Waals surface area (Å²) in [7, 11) is 0. The van der Waals surface area contributed by atoms with Crippen LogP contribution >= 0.6 is 23.2 Å². The number of rotatable bonds is 6. The normalized spacial score (nSPS) is 18.7. The first-order chi connectivity index (χ1) is 18.7. The molecule has 0 amide bonds. The third-order valence-electron chi connectivity index (χ3n) is 6.13. The predicted molar refractivity (Wildman–Crippen MR) is 142 cm³/mol. The Morgan fingerprint density at radius 1 is 1.03 bits per heavy atom. The van der Waals surface area contributed by atoms with Crippen LogP contribution in [0.25, 0.3) is 11.2 Å². The number of anilines is 1. The molecule has 1 saturated heterocycles. The Morgan fingerprint density at radius 3 is 2.28 bits per heavy atom. The SMILES string of the molecule is Cc1nc2c(N)ncnc2n(C2C[C@H](OC(=O)c3ccc(Cl)cc3)[C@@H](COC(=O)c3ccc(Cl)cc3)O2)c1=O. The highest BCUT2D eigenvalue weighted by Crippen LogP contribution is 2.33. The molecule has 0 radical (unpaired) electrons. The van der Waals surface area contributed by atoms with Crippen molar-refractivity contribution >= 4 is 52.1 Å². The van der Waals surface area contributed by atoms with Crippen LogP contribution in [0.3, 0.4) is 0 Å². The number of carbonyl (C=O) groups is 2. The summed E-state index contributed by atoms with van der Waals surface area (Å²) >= 11 is 11.8. The van der Waals surface area contributed by atoms with Crippen molar-refractivity contribution in [3.05, 3.63) is 92.1 Å². The summed E-state index contributed by atoms with van der Waals surface area (Å²) in [5, 5.41) is 0.931. The molecular formula is C26H21Cl2N5O6. The van der Waals surface area contributed by atoms with E-state index in [1.165, 1.54) is 42.1 Å². The molecule has 3 atom stereocenters. The maximum absolute atomic E-state index is 13.2. The van der Waals surface area contributed by atoms with Crippen molar-refractivity contribution in [3.63, 3.8) is 0 Å². The van der Waals surface area contributed by atoms with Crippen molar-refractivity contribution in [1.29, 1.82) is 0 Å². The molecule has 2 N–H and O–H groups in total. The van der Waals surface area contributed by atoms with E-state index in [0.717, 1.165) is 0 Å². The molecule has 39 heavy (non-hydrogen) atoms. The van der Waals surface area contributed by atoms with E-state index in [1.54, 1.807) is 24.3 Å². The van der Waals surface area contributed by atoms with E-state index < -0.39 is 35.9 Å². The Morgan fingerprint density at radius 2 is 1.64 bits per heavy atom. The average molecular weight is 570 g/mol. The Labute approximate surface area is 231 Å². The number of hydrogen-bond donors (Lipinski definition) is 1. The highest BCUT2D eigenvalue weighted by molar-refractivity contribution is 6.31. The fraction of sp³-hybridized carbons (Fsp3) is 0.231. The van der Waals surface area contributed by atoms with Gasteiger partial charge in [0, 0.05) is 16.5 Å². The molecule has 13 heteroatoms. The third kappa shape index (κ3) is 5.56. The fourth-order valence-corrected chi connectivity index (χ4v) is 4.42. The van der Waals surface area contributed by atoms with Gasteiger partial charge < -0.3 is 19.9 Å². The second kappa shape index (κ2) is 11.0.